The van der Waals surface area contributed by atoms with E-state index in [4.69, 9.17) is 9.15 Å². The Kier molecular flexibility index (Phi) is 3.47. The van der Waals surface area contributed by atoms with Crippen molar-refractivity contribution in [1.82, 2.24) is 10.3 Å². The molecule has 1 heterocycles. The van der Waals surface area contributed by atoms with Gasteiger partial charge < -0.3 is 14.5 Å². The standard InChI is InChI=1S/C12H14N2O4/c1-3-17-11(15)10(13-2)7-4-5-8-9(6-7)18-12(16)14-8/h4-6,10,13H,3H2,1-2H3,(H,14,16). The van der Waals surface area contributed by atoms with Gasteiger partial charge >= 0.3 is 11.7 Å². The van der Waals surface area contributed by atoms with Gasteiger partial charge in [0.15, 0.2) is 5.58 Å². The van der Waals surface area contributed by atoms with Gasteiger partial charge in [-0.1, -0.05) is 6.07 Å². The van der Waals surface area contributed by atoms with E-state index in [9.17, 15) is 9.59 Å². The molecule has 1 aromatic heterocycles. The Morgan fingerprint density at radius 2 is 2.33 bits per heavy atom. The van der Waals surface area contributed by atoms with E-state index in [0.29, 0.717) is 23.3 Å². The van der Waals surface area contributed by atoms with Crippen LogP contribution in [0.1, 0.15) is 18.5 Å². The van der Waals surface area contributed by atoms with Gasteiger partial charge in [0.25, 0.3) is 0 Å². The average molecular weight is 250 g/mol. The number of rotatable bonds is 4. The van der Waals surface area contributed by atoms with E-state index in [2.05, 4.69) is 10.3 Å². The molecule has 2 N–H and O–H groups in total. The van der Waals surface area contributed by atoms with E-state index in [0.717, 1.165) is 0 Å². The summed E-state index contributed by atoms with van der Waals surface area (Å²) >= 11 is 0. The van der Waals surface area contributed by atoms with Crippen LogP contribution in [0.2, 0.25) is 0 Å². The molecule has 18 heavy (non-hydrogen) atoms. The number of fused-ring (bicyclic) bond motifs is 1. The van der Waals surface area contributed by atoms with Crippen molar-refractivity contribution in [2.45, 2.75) is 13.0 Å². The quantitative estimate of drug-likeness (QED) is 0.789. The Morgan fingerprint density at radius 1 is 1.56 bits per heavy atom. The van der Waals surface area contributed by atoms with E-state index >= 15 is 0 Å². The van der Waals surface area contributed by atoms with Crippen LogP contribution in [0.3, 0.4) is 0 Å². The molecule has 0 saturated heterocycles. The maximum atomic E-state index is 11.7. The normalized spacial score (nSPS) is 12.6. The number of aromatic nitrogens is 1. The lowest BCUT2D eigenvalue weighted by molar-refractivity contribution is -0.145. The van der Waals surface area contributed by atoms with Gasteiger partial charge in [-0.05, 0) is 31.7 Å². The number of hydrogen-bond donors (Lipinski definition) is 2. The van der Waals surface area contributed by atoms with Crippen LogP contribution in [-0.4, -0.2) is 24.6 Å². The van der Waals surface area contributed by atoms with Crippen LogP contribution < -0.4 is 11.1 Å². The lowest BCUT2D eigenvalue weighted by atomic mass is 10.1. The summed E-state index contributed by atoms with van der Waals surface area (Å²) in [5.41, 5.74) is 1.70. The molecule has 6 heteroatoms. The number of aromatic amines is 1. The molecule has 0 radical (unpaired) electrons. The van der Waals surface area contributed by atoms with Crippen LogP contribution in [0.4, 0.5) is 0 Å². The van der Waals surface area contributed by atoms with Crippen molar-refractivity contribution in [3.05, 3.63) is 34.3 Å². The first kappa shape index (κ1) is 12.4. The molecular weight excluding hydrogens is 236 g/mol. The number of H-pyrrole nitrogens is 1. The van der Waals surface area contributed by atoms with Crippen molar-refractivity contribution >= 4 is 17.1 Å². The second kappa shape index (κ2) is 5.05. The molecular formula is C12H14N2O4. The van der Waals surface area contributed by atoms with Crippen molar-refractivity contribution in [3.8, 4) is 0 Å². The zero-order valence-corrected chi connectivity index (χ0v) is 10.1. The summed E-state index contributed by atoms with van der Waals surface area (Å²) in [4.78, 5) is 25.3. The highest BCUT2D eigenvalue weighted by atomic mass is 16.5. The molecule has 1 unspecified atom stereocenters. The smallest absolute Gasteiger partial charge is 0.417 e. The third-order valence-corrected chi connectivity index (χ3v) is 2.59. The average Bonchev–Trinajstić information content (AvgIpc) is 2.69. The molecule has 2 aromatic rings. The largest absolute Gasteiger partial charge is 0.465 e. The second-order valence-corrected chi connectivity index (χ2v) is 3.74. The van der Waals surface area contributed by atoms with E-state index in [-0.39, 0.29) is 5.97 Å². The maximum Gasteiger partial charge on any atom is 0.417 e. The maximum absolute atomic E-state index is 11.7. The first-order chi connectivity index (χ1) is 8.65. The molecule has 6 nitrogen and oxygen atoms in total. The molecule has 0 saturated carbocycles. The second-order valence-electron chi connectivity index (χ2n) is 3.74. The molecule has 0 aliphatic heterocycles. The molecule has 2 rings (SSSR count). The predicted molar refractivity (Wildman–Crippen MR) is 65.3 cm³/mol. The SMILES string of the molecule is CCOC(=O)C(NC)c1ccc2[nH]c(=O)oc2c1. The van der Waals surface area contributed by atoms with Crippen molar-refractivity contribution in [3.63, 3.8) is 0 Å². The van der Waals surface area contributed by atoms with Gasteiger partial charge in [0, 0.05) is 0 Å². The summed E-state index contributed by atoms with van der Waals surface area (Å²) in [5.74, 6) is -0.878. The highest BCUT2D eigenvalue weighted by molar-refractivity contribution is 5.80. The van der Waals surface area contributed by atoms with Crippen molar-refractivity contribution < 1.29 is 13.9 Å². The minimum atomic E-state index is -0.574. The molecule has 1 atom stereocenters. The Hall–Kier alpha value is -2.08. The molecule has 0 bridgehead atoms. The summed E-state index contributed by atoms with van der Waals surface area (Å²) in [6.45, 7) is 2.07. The van der Waals surface area contributed by atoms with Gasteiger partial charge in [-0.15, -0.1) is 0 Å². The Balaban J connectivity index is 2.38. The molecule has 0 aliphatic rings. The van der Waals surface area contributed by atoms with Crippen molar-refractivity contribution in [2.24, 2.45) is 0 Å². The minimum absolute atomic E-state index is 0.318. The summed E-state index contributed by atoms with van der Waals surface area (Å²) in [5, 5.41) is 2.87. The number of oxazole rings is 1. The van der Waals surface area contributed by atoms with Crippen LogP contribution >= 0.6 is 0 Å². The topological polar surface area (TPSA) is 84.3 Å². The number of carbonyl (C=O) groups excluding carboxylic acids is 1. The van der Waals surface area contributed by atoms with Gasteiger partial charge in [-0.25, -0.2) is 9.59 Å². The zero-order chi connectivity index (χ0) is 13.1. The van der Waals surface area contributed by atoms with E-state index in [1.807, 2.05) is 0 Å². The summed E-state index contributed by atoms with van der Waals surface area (Å²) in [6.07, 6.45) is 0. The Labute approximate surface area is 103 Å². The van der Waals surface area contributed by atoms with Crippen molar-refractivity contribution in [2.75, 3.05) is 13.7 Å². The van der Waals surface area contributed by atoms with Crippen LogP contribution in [0.25, 0.3) is 11.1 Å². The summed E-state index contributed by atoms with van der Waals surface area (Å²) in [7, 11) is 1.67. The molecule has 1 aromatic carbocycles. The van der Waals surface area contributed by atoms with Gasteiger partial charge in [-0.3, -0.25) is 4.98 Å². The number of likely N-dealkylation sites (N-methyl/N-ethyl adjacent to an activating group) is 1. The molecule has 0 spiro atoms. The van der Waals surface area contributed by atoms with Gasteiger partial charge in [0.1, 0.15) is 6.04 Å². The molecule has 96 valence electrons. The molecule has 0 aliphatic carbocycles. The minimum Gasteiger partial charge on any atom is -0.465 e. The molecule has 0 fully saturated rings. The van der Waals surface area contributed by atoms with Crippen LogP contribution in [-0.2, 0) is 9.53 Å². The number of hydrogen-bond acceptors (Lipinski definition) is 5. The lowest BCUT2D eigenvalue weighted by Gasteiger charge is -2.14. The summed E-state index contributed by atoms with van der Waals surface area (Å²) < 4.78 is 9.92. The Morgan fingerprint density at radius 3 is 3.00 bits per heavy atom. The third-order valence-electron chi connectivity index (χ3n) is 2.59. The van der Waals surface area contributed by atoms with Crippen molar-refractivity contribution in [1.29, 1.82) is 0 Å². The van der Waals surface area contributed by atoms with Crippen LogP contribution in [0.15, 0.2) is 27.4 Å². The highest BCUT2D eigenvalue weighted by Crippen LogP contribution is 2.19. The van der Waals surface area contributed by atoms with Gasteiger partial charge in [-0.2, -0.15) is 0 Å². The van der Waals surface area contributed by atoms with Gasteiger partial charge in [0.2, 0.25) is 0 Å². The van der Waals surface area contributed by atoms with Crippen LogP contribution in [0, 0.1) is 0 Å². The summed E-state index contributed by atoms with van der Waals surface area (Å²) in [6, 6.07) is 4.51. The lowest BCUT2D eigenvalue weighted by Crippen LogP contribution is -2.27. The van der Waals surface area contributed by atoms with E-state index in [1.54, 1.807) is 32.2 Å². The molecule has 0 amide bonds. The number of nitrogens with one attached hydrogen (secondary N) is 2. The van der Waals surface area contributed by atoms with Crippen LogP contribution in [0.5, 0.6) is 0 Å². The number of carbonyl (C=O) groups is 1. The first-order valence-electron chi connectivity index (χ1n) is 5.62. The van der Waals surface area contributed by atoms with E-state index < -0.39 is 11.8 Å². The zero-order valence-electron chi connectivity index (χ0n) is 10.1. The monoisotopic (exact) mass is 250 g/mol. The fourth-order valence-corrected chi connectivity index (χ4v) is 1.79. The fraction of sp³-hybridized carbons (Fsp3) is 0.333. The number of ether oxygens (including phenoxy) is 1. The first-order valence-corrected chi connectivity index (χ1v) is 5.62. The number of benzene rings is 1. The third kappa shape index (κ3) is 2.28. The van der Waals surface area contributed by atoms with Gasteiger partial charge in [0.05, 0.1) is 12.1 Å². The Bertz CT molecular complexity index is 614. The fourth-order valence-electron chi connectivity index (χ4n) is 1.79. The highest BCUT2D eigenvalue weighted by Gasteiger charge is 2.20. The predicted octanol–water partition coefficient (Wildman–Crippen LogP) is 0.945. The number of esters is 1. The van der Waals surface area contributed by atoms with E-state index in [1.165, 1.54) is 0 Å².